The summed E-state index contributed by atoms with van der Waals surface area (Å²) < 4.78 is 29.2. The van der Waals surface area contributed by atoms with Gasteiger partial charge in [0, 0.05) is 6.92 Å². The molecule has 0 saturated carbocycles. The minimum absolute atomic E-state index is 0.0332. The van der Waals surface area contributed by atoms with Crippen molar-refractivity contribution in [3.05, 3.63) is 0 Å². The number of amides is 1. The van der Waals surface area contributed by atoms with E-state index in [9.17, 15) is 18.0 Å². The Hall–Kier alpha value is -1.15. The zero-order valence-electron chi connectivity index (χ0n) is 11.0. The van der Waals surface area contributed by atoms with Crippen molar-refractivity contribution >= 4 is 21.7 Å². The maximum atomic E-state index is 11.9. The first kappa shape index (κ1) is 15.9. The minimum atomic E-state index is -3.60. The van der Waals surface area contributed by atoms with E-state index in [1.165, 1.54) is 0 Å². The van der Waals surface area contributed by atoms with Gasteiger partial charge in [-0.3, -0.25) is 4.79 Å². The number of nitrogens with one attached hydrogen (secondary N) is 1. The number of carbonyl (C=O) groups excluding carboxylic acids is 1. The molecule has 1 saturated heterocycles. The van der Waals surface area contributed by atoms with Crippen LogP contribution in [0.2, 0.25) is 0 Å². The Balaban J connectivity index is 2.61. The van der Waals surface area contributed by atoms with Gasteiger partial charge in [0.1, 0.15) is 6.04 Å². The topological polar surface area (TPSA) is 110 Å². The Morgan fingerprint density at radius 2 is 2.05 bits per heavy atom. The van der Waals surface area contributed by atoms with Crippen LogP contribution in [0.1, 0.15) is 26.7 Å². The van der Waals surface area contributed by atoms with Crippen molar-refractivity contribution in [2.24, 2.45) is 0 Å². The average molecular weight is 293 g/mol. The van der Waals surface area contributed by atoms with Crippen molar-refractivity contribution in [3.63, 3.8) is 0 Å². The van der Waals surface area contributed by atoms with E-state index in [1.54, 1.807) is 0 Å². The minimum Gasteiger partial charge on any atom is -0.480 e. The van der Waals surface area contributed by atoms with Gasteiger partial charge in [0.05, 0.1) is 23.7 Å². The molecule has 0 aliphatic carbocycles. The van der Waals surface area contributed by atoms with Crippen molar-refractivity contribution in [2.45, 2.75) is 44.9 Å². The molecule has 2 N–H and O–H groups in total. The quantitative estimate of drug-likeness (QED) is 0.687. The summed E-state index contributed by atoms with van der Waals surface area (Å²) in [7, 11) is -3.60. The molecule has 8 heteroatoms. The number of hydrogen-bond acceptors (Lipinski definition) is 5. The van der Waals surface area contributed by atoms with Crippen LogP contribution in [-0.2, 0) is 24.2 Å². The van der Waals surface area contributed by atoms with Crippen LogP contribution in [-0.4, -0.2) is 55.2 Å². The number of carboxylic acid groups (broad SMARTS) is 1. The number of ether oxygens (including phenoxy) is 1. The first-order valence-corrected chi connectivity index (χ1v) is 7.87. The maximum Gasteiger partial charge on any atom is 0.327 e. The summed E-state index contributed by atoms with van der Waals surface area (Å²) >= 11 is 0. The fourth-order valence-electron chi connectivity index (χ4n) is 2.03. The number of carboxylic acids is 1. The maximum absolute atomic E-state index is 11.9. The van der Waals surface area contributed by atoms with E-state index in [4.69, 9.17) is 9.84 Å². The van der Waals surface area contributed by atoms with Gasteiger partial charge in [-0.05, 0) is 19.8 Å². The van der Waals surface area contributed by atoms with Crippen molar-refractivity contribution < 1.29 is 27.9 Å². The lowest BCUT2D eigenvalue weighted by atomic mass is 10.2. The Morgan fingerprint density at radius 1 is 1.42 bits per heavy atom. The summed E-state index contributed by atoms with van der Waals surface area (Å²) in [6.45, 7) is 3.01. The molecule has 0 aromatic rings. The van der Waals surface area contributed by atoms with Crippen LogP contribution >= 0.6 is 0 Å². The summed E-state index contributed by atoms with van der Waals surface area (Å²) in [6, 6.07) is -1.42. The standard InChI is InChI=1S/C11H19NO6S/c1-7-3-4-9(18-7)5-19(16,17)6-10(11(14)15)12-8(2)13/h7,9-10H,3-6H2,1-2H3,(H,12,13)(H,14,15)/t7?,9?,10-/m0/s1. The SMILES string of the molecule is CC(=O)N[C@@H](CS(=O)(=O)CC1CCC(C)O1)C(=O)O. The Kier molecular flexibility index (Phi) is 5.30. The van der Waals surface area contributed by atoms with E-state index < -0.39 is 33.5 Å². The zero-order chi connectivity index (χ0) is 14.6. The van der Waals surface area contributed by atoms with Crippen molar-refractivity contribution in [3.8, 4) is 0 Å². The molecule has 0 radical (unpaired) electrons. The molecule has 1 amide bonds. The van der Waals surface area contributed by atoms with Crippen LogP contribution in [0.4, 0.5) is 0 Å². The van der Waals surface area contributed by atoms with Gasteiger partial charge in [-0.25, -0.2) is 13.2 Å². The Morgan fingerprint density at radius 3 is 2.47 bits per heavy atom. The van der Waals surface area contributed by atoms with Crippen LogP contribution in [0.3, 0.4) is 0 Å². The van der Waals surface area contributed by atoms with Gasteiger partial charge in [-0.1, -0.05) is 0 Å². The molecule has 3 atom stereocenters. The summed E-state index contributed by atoms with van der Waals surface area (Å²) in [4.78, 5) is 21.7. The highest BCUT2D eigenvalue weighted by Crippen LogP contribution is 2.20. The number of carbonyl (C=O) groups is 2. The molecule has 1 fully saturated rings. The third-order valence-electron chi connectivity index (χ3n) is 2.86. The van der Waals surface area contributed by atoms with Crippen LogP contribution in [0.5, 0.6) is 0 Å². The number of aliphatic carboxylic acids is 1. The second-order valence-corrected chi connectivity index (χ2v) is 6.97. The van der Waals surface area contributed by atoms with Crippen molar-refractivity contribution in [1.82, 2.24) is 5.32 Å². The molecule has 0 aromatic carbocycles. The second-order valence-electron chi connectivity index (χ2n) is 4.81. The molecular formula is C11H19NO6S. The largest absolute Gasteiger partial charge is 0.480 e. The fraction of sp³-hybridized carbons (Fsp3) is 0.818. The van der Waals surface area contributed by atoms with E-state index >= 15 is 0 Å². The van der Waals surface area contributed by atoms with E-state index in [1.807, 2.05) is 6.92 Å². The van der Waals surface area contributed by atoms with E-state index in [-0.39, 0.29) is 18.0 Å². The number of sulfone groups is 1. The summed E-state index contributed by atoms with van der Waals surface area (Å²) in [5, 5.41) is 11.0. The molecule has 110 valence electrons. The molecule has 1 aliphatic rings. The molecule has 1 rings (SSSR count). The lowest BCUT2D eigenvalue weighted by molar-refractivity contribution is -0.140. The second kappa shape index (κ2) is 6.33. The van der Waals surface area contributed by atoms with Crippen LogP contribution in [0, 0.1) is 0 Å². The molecule has 0 spiro atoms. The highest BCUT2D eigenvalue weighted by molar-refractivity contribution is 7.91. The van der Waals surface area contributed by atoms with Crippen LogP contribution in [0.25, 0.3) is 0 Å². The molecule has 7 nitrogen and oxygen atoms in total. The molecule has 2 unspecified atom stereocenters. The van der Waals surface area contributed by atoms with Gasteiger partial charge >= 0.3 is 5.97 Å². The molecular weight excluding hydrogens is 274 g/mol. The van der Waals surface area contributed by atoms with E-state index in [2.05, 4.69) is 5.32 Å². The highest BCUT2D eigenvalue weighted by atomic mass is 32.2. The van der Waals surface area contributed by atoms with Crippen LogP contribution < -0.4 is 5.32 Å². The predicted molar refractivity (Wildman–Crippen MR) is 67.5 cm³/mol. The fourth-order valence-corrected chi connectivity index (χ4v) is 3.71. The van der Waals surface area contributed by atoms with Crippen molar-refractivity contribution in [1.29, 1.82) is 0 Å². The summed E-state index contributed by atoms with van der Waals surface area (Å²) in [6.07, 6.45) is 1.10. The molecule has 19 heavy (non-hydrogen) atoms. The normalized spacial score (nSPS) is 24.9. The van der Waals surface area contributed by atoms with Gasteiger partial charge in [-0.2, -0.15) is 0 Å². The Labute approximate surface area is 112 Å². The molecule has 0 aromatic heterocycles. The zero-order valence-corrected chi connectivity index (χ0v) is 11.8. The Bertz CT molecular complexity index is 446. The van der Waals surface area contributed by atoms with Gasteiger partial charge in [0.25, 0.3) is 0 Å². The number of rotatable bonds is 6. The monoisotopic (exact) mass is 293 g/mol. The predicted octanol–water partition coefficient (Wildman–Crippen LogP) is -0.442. The first-order chi connectivity index (χ1) is 8.69. The molecule has 1 heterocycles. The molecule has 0 bridgehead atoms. The van der Waals surface area contributed by atoms with Crippen molar-refractivity contribution in [2.75, 3.05) is 11.5 Å². The van der Waals surface area contributed by atoms with Gasteiger partial charge < -0.3 is 15.2 Å². The van der Waals surface area contributed by atoms with E-state index in [0.717, 1.165) is 13.3 Å². The van der Waals surface area contributed by atoms with E-state index in [0.29, 0.717) is 6.42 Å². The lowest BCUT2D eigenvalue weighted by Crippen LogP contribution is -2.45. The molecule has 1 aliphatic heterocycles. The third-order valence-corrected chi connectivity index (χ3v) is 4.58. The van der Waals surface area contributed by atoms with Gasteiger partial charge in [-0.15, -0.1) is 0 Å². The van der Waals surface area contributed by atoms with Crippen LogP contribution in [0.15, 0.2) is 0 Å². The van der Waals surface area contributed by atoms with Gasteiger partial charge in [0.2, 0.25) is 5.91 Å². The first-order valence-electron chi connectivity index (χ1n) is 6.05. The third kappa shape index (κ3) is 5.56. The average Bonchev–Trinajstić information content (AvgIpc) is 2.60. The summed E-state index contributed by atoms with van der Waals surface area (Å²) in [5.74, 6) is -2.76. The number of hydrogen-bond donors (Lipinski definition) is 2. The van der Waals surface area contributed by atoms with Gasteiger partial charge in [0.15, 0.2) is 9.84 Å². The summed E-state index contributed by atoms with van der Waals surface area (Å²) in [5.41, 5.74) is 0. The highest BCUT2D eigenvalue weighted by Gasteiger charge is 2.31. The smallest absolute Gasteiger partial charge is 0.327 e. The lowest BCUT2D eigenvalue weighted by Gasteiger charge is -2.16.